The van der Waals surface area contributed by atoms with Crippen LogP contribution in [0.5, 0.6) is 0 Å². The van der Waals surface area contributed by atoms with Crippen molar-refractivity contribution in [2.24, 2.45) is 11.0 Å². The third-order valence-corrected chi connectivity index (χ3v) is 4.59. The van der Waals surface area contributed by atoms with E-state index in [0.717, 1.165) is 25.0 Å². The second-order valence-electron chi connectivity index (χ2n) is 5.52. The van der Waals surface area contributed by atoms with Crippen LogP contribution in [-0.4, -0.2) is 19.1 Å². The molecule has 15 heavy (non-hydrogen) atoms. The molecular formula is C10H17B2NO2. The van der Waals surface area contributed by atoms with E-state index in [9.17, 15) is 4.91 Å². The Labute approximate surface area is 91.5 Å². The molecule has 3 fully saturated rings. The van der Waals surface area contributed by atoms with Crippen LogP contribution in [0.15, 0.2) is 5.09 Å². The second kappa shape index (κ2) is 3.62. The van der Waals surface area contributed by atoms with Crippen molar-refractivity contribution in [1.82, 2.24) is 0 Å². The molecule has 0 aromatic rings. The van der Waals surface area contributed by atoms with Crippen LogP contribution >= 0.6 is 0 Å². The molecule has 0 aromatic carbocycles. The summed E-state index contributed by atoms with van der Waals surface area (Å²) in [5.41, 5.74) is 0.0897. The number of hydrogen-bond acceptors (Lipinski definition) is 3. The van der Waals surface area contributed by atoms with Crippen molar-refractivity contribution in [3.8, 4) is 0 Å². The SMILES string of the molecule is O=NB(OC12CCCCC1C2)B1CCC1. The van der Waals surface area contributed by atoms with Crippen LogP contribution in [0.1, 0.15) is 38.5 Å². The molecule has 5 heteroatoms. The molecule has 3 aliphatic rings. The molecule has 0 bridgehead atoms. The van der Waals surface area contributed by atoms with E-state index < -0.39 is 0 Å². The summed E-state index contributed by atoms with van der Waals surface area (Å²) < 4.78 is 6.03. The number of rotatable bonds is 4. The standard InChI is InChI=1S/C10H17B2NO2/c14-13-12(11-6-3-7-11)15-10-5-2-1-4-9(10)8-10/h9H,1-8H2. The minimum Gasteiger partial charge on any atom is -0.413 e. The molecule has 2 aliphatic carbocycles. The van der Waals surface area contributed by atoms with Crippen molar-refractivity contribution < 1.29 is 4.65 Å². The van der Waals surface area contributed by atoms with Gasteiger partial charge in [0.25, 0.3) is 0 Å². The average molecular weight is 205 g/mol. The first-order valence-electron chi connectivity index (χ1n) is 6.34. The average Bonchev–Trinajstić information content (AvgIpc) is 2.88. The maximum absolute atomic E-state index is 10.8. The maximum atomic E-state index is 10.8. The topological polar surface area (TPSA) is 38.7 Å². The van der Waals surface area contributed by atoms with E-state index in [1.54, 1.807) is 0 Å². The quantitative estimate of drug-likeness (QED) is 0.522. The van der Waals surface area contributed by atoms with Gasteiger partial charge in [-0.25, -0.2) is 0 Å². The van der Waals surface area contributed by atoms with Crippen LogP contribution in [0.4, 0.5) is 0 Å². The number of nitroso groups, excluding NO2 is 1. The minimum absolute atomic E-state index is 0.0897. The lowest BCUT2D eigenvalue weighted by Gasteiger charge is -2.29. The Morgan fingerprint density at radius 1 is 1.33 bits per heavy atom. The van der Waals surface area contributed by atoms with E-state index in [0.29, 0.717) is 6.60 Å². The van der Waals surface area contributed by atoms with Gasteiger partial charge < -0.3 is 4.65 Å². The molecule has 0 radical (unpaired) electrons. The summed E-state index contributed by atoms with van der Waals surface area (Å²) in [6.45, 7) is 0.0990. The number of nitrogens with zero attached hydrogens (tertiary/aromatic N) is 1. The number of hydrogen-bond donors (Lipinski definition) is 0. The summed E-state index contributed by atoms with van der Waals surface area (Å²) in [7, 11) is 0. The lowest BCUT2D eigenvalue weighted by atomic mass is 9.13. The Kier molecular flexibility index (Phi) is 2.38. The first-order chi connectivity index (χ1) is 7.34. The van der Waals surface area contributed by atoms with Crippen molar-refractivity contribution in [2.75, 3.05) is 0 Å². The molecule has 80 valence electrons. The van der Waals surface area contributed by atoms with E-state index in [4.69, 9.17) is 4.65 Å². The first-order valence-corrected chi connectivity index (χ1v) is 6.34. The van der Waals surface area contributed by atoms with Gasteiger partial charge in [-0.15, -0.1) is 5.09 Å². The molecule has 0 N–H and O–H groups in total. The first kappa shape index (κ1) is 9.88. The summed E-state index contributed by atoms with van der Waals surface area (Å²) in [5, 5.41) is 3.20. The summed E-state index contributed by atoms with van der Waals surface area (Å²) >= 11 is 0. The monoisotopic (exact) mass is 205 g/mol. The molecule has 2 atom stereocenters. The smallest absolute Gasteiger partial charge is 0.413 e. The van der Waals surface area contributed by atoms with Gasteiger partial charge in [-0.05, 0) is 25.2 Å². The lowest BCUT2D eigenvalue weighted by Crippen LogP contribution is -2.45. The Hall–Kier alpha value is -0.310. The van der Waals surface area contributed by atoms with Crippen LogP contribution in [-0.2, 0) is 4.65 Å². The highest BCUT2D eigenvalue weighted by Gasteiger charge is 2.58. The van der Waals surface area contributed by atoms with Crippen molar-refractivity contribution >= 4 is 13.5 Å². The van der Waals surface area contributed by atoms with Crippen molar-refractivity contribution in [1.29, 1.82) is 0 Å². The molecule has 2 unspecified atom stereocenters. The Balaban J connectivity index is 1.61. The van der Waals surface area contributed by atoms with E-state index in [1.165, 1.54) is 32.1 Å². The van der Waals surface area contributed by atoms with Gasteiger partial charge in [-0.3, -0.25) is 0 Å². The molecule has 0 amide bonds. The lowest BCUT2D eigenvalue weighted by molar-refractivity contribution is 0.130. The molecule has 3 rings (SSSR count). The van der Waals surface area contributed by atoms with E-state index in [2.05, 4.69) is 5.09 Å². The zero-order valence-corrected chi connectivity index (χ0v) is 9.15. The fourth-order valence-corrected chi connectivity index (χ4v) is 3.22. The predicted molar refractivity (Wildman–Crippen MR) is 61.9 cm³/mol. The van der Waals surface area contributed by atoms with Gasteiger partial charge >= 0.3 is 6.94 Å². The van der Waals surface area contributed by atoms with Gasteiger partial charge in [0.2, 0.25) is 0 Å². The van der Waals surface area contributed by atoms with Gasteiger partial charge in [-0.2, -0.15) is 4.91 Å². The van der Waals surface area contributed by atoms with Crippen LogP contribution in [0.2, 0.25) is 12.6 Å². The van der Waals surface area contributed by atoms with Crippen molar-refractivity contribution in [3.05, 3.63) is 4.91 Å². The Morgan fingerprint density at radius 2 is 2.20 bits per heavy atom. The van der Waals surface area contributed by atoms with Crippen LogP contribution in [0.25, 0.3) is 0 Å². The highest BCUT2D eigenvalue weighted by atomic mass is 16.5. The molecule has 1 saturated heterocycles. The molecule has 3 nitrogen and oxygen atoms in total. The fraction of sp³-hybridized carbons (Fsp3) is 1.00. The summed E-state index contributed by atoms with van der Waals surface area (Å²) in [5.74, 6) is 0.746. The van der Waals surface area contributed by atoms with E-state index in [1.807, 2.05) is 0 Å². The highest BCUT2D eigenvalue weighted by Crippen LogP contribution is 2.56. The molecule has 1 heterocycles. The van der Waals surface area contributed by atoms with Crippen molar-refractivity contribution in [2.45, 2.75) is 56.8 Å². The fourth-order valence-electron chi connectivity index (χ4n) is 3.22. The van der Waals surface area contributed by atoms with Crippen molar-refractivity contribution in [3.63, 3.8) is 0 Å². The van der Waals surface area contributed by atoms with Gasteiger partial charge in [0.15, 0.2) is 6.60 Å². The largest absolute Gasteiger partial charge is 0.441 e. The molecule has 0 spiro atoms. The van der Waals surface area contributed by atoms with Gasteiger partial charge in [0, 0.05) is 0 Å². The molecule has 1 aliphatic heterocycles. The summed E-state index contributed by atoms with van der Waals surface area (Å²) in [4.78, 5) is 10.8. The minimum atomic E-state index is -0.332. The molecule has 0 aromatic heterocycles. The third-order valence-electron chi connectivity index (χ3n) is 4.59. The Bertz CT molecular complexity index is 272. The van der Waals surface area contributed by atoms with Gasteiger partial charge in [0.1, 0.15) is 0 Å². The van der Waals surface area contributed by atoms with Crippen LogP contribution in [0.3, 0.4) is 0 Å². The van der Waals surface area contributed by atoms with Crippen LogP contribution < -0.4 is 0 Å². The number of fused-ring (bicyclic) bond motifs is 1. The highest BCUT2D eigenvalue weighted by molar-refractivity contribution is 7.20. The predicted octanol–water partition coefficient (Wildman–Crippen LogP) is 2.57. The van der Waals surface area contributed by atoms with Crippen LogP contribution in [0, 0.1) is 10.8 Å². The molecule has 2 saturated carbocycles. The van der Waals surface area contributed by atoms with E-state index in [-0.39, 0.29) is 12.5 Å². The molecular weight excluding hydrogens is 188 g/mol. The van der Waals surface area contributed by atoms with E-state index >= 15 is 0 Å². The zero-order valence-electron chi connectivity index (χ0n) is 9.15. The van der Waals surface area contributed by atoms with Gasteiger partial charge in [-0.1, -0.05) is 31.9 Å². The third kappa shape index (κ3) is 1.65. The van der Waals surface area contributed by atoms with Gasteiger partial charge in [0.05, 0.1) is 5.60 Å². The zero-order chi connectivity index (χ0) is 10.3. The summed E-state index contributed by atoms with van der Waals surface area (Å²) in [6.07, 6.45) is 9.79. The summed E-state index contributed by atoms with van der Waals surface area (Å²) in [6, 6.07) is 0. The second-order valence-corrected chi connectivity index (χ2v) is 5.52. The maximum Gasteiger partial charge on any atom is 0.441 e. The Morgan fingerprint density at radius 3 is 2.80 bits per heavy atom. The normalized spacial score (nSPS) is 37.9.